The number of hydrogen-bond donors (Lipinski definition) is 2. The van der Waals surface area contributed by atoms with Crippen molar-refractivity contribution >= 4 is 11.0 Å². The highest BCUT2D eigenvalue weighted by molar-refractivity contribution is 5.84. The van der Waals surface area contributed by atoms with E-state index in [4.69, 9.17) is 9.47 Å². The predicted molar refractivity (Wildman–Crippen MR) is 65.9 cm³/mol. The minimum Gasteiger partial charge on any atom is -0.486 e. The van der Waals surface area contributed by atoms with Crippen LogP contribution in [0, 0.1) is 0 Å². The molecule has 0 saturated carbocycles. The van der Waals surface area contributed by atoms with Crippen LogP contribution in [0.1, 0.15) is 20.8 Å². The van der Waals surface area contributed by atoms with Crippen LogP contribution in [0.5, 0.6) is 11.5 Å². The zero-order valence-electron chi connectivity index (χ0n) is 10.2. The zero-order chi connectivity index (χ0) is 12.4. The summed E-state index contributed by atoms with van der Waals surface area (Å²) in [5, 5.41) is 0. The van der Waals surface area contributed by atoms with Gasteiger partial charge in [-0.15, -0.1) is 0 Å². The van der Waals surface area contributed by atoms with Crippen molar-refractivity contribution in [2.45, 2.75) is 26.9 Å². The fraction of sp³-hybridized carbons (Fsp3) is 0.417. The standard InChI is InChI=1S/C10H10N2O3.C2H6/c1-5-4-14-7-3-2-6-8(9(7)15-5)12-10(13)11-6;1-2/h2-3,5H,4H2,1H3,(H2,11,12,13);1-2H3. The minimum absolute atomic E-state index is 0.00139. The van der Waals surface area contributed by atoms with Gasteiger partial charge in [-0.05, 0) is 19.1 Å². The van der Waals surface area contributed by atoms with Crippen LogP contribution >= 0.6 is 0 Å². The van der Waals surface area contributed by atoms with Crippen molar-refractivity contribution in [3.8, 4) is 11.5 Å². The van der Waals surface area contributed by atoms with E-state index in [9.17, 15) is 4.79 Å². The van der Waals surface area contributed by atoms with Gasteiger partial charge < -0.3 is 19.4 Å². The molecule has 2 N–H and O–H groups in total. The summed E-state index contributed by atoms with van der Waals surface area (Å²) in [6.07, 6.45) is 0.00139. The molecule has 0 saturated heterocycles. The van der Waals surface area contributed by atoms with Crippen LogP contribution < -0.4 is 15.2 Å². The number of benzene rings is 1. The second-order valence-corrected chi connectivity index (χ2v) is 3.63. The lowest BCUT2D eigenvalue weighted by Crippen LogP contribution is -2.25. The van der Waals surface area contributed by atoms with E-state index in [1.54, 1.807) is 12.1 Å². The number of fused-ring (bicyclic) bond motifs is 3. The summed E-state index contributed by atoms with van der Waals surface area (Å²) in [6.45, 7) is 6.46. The van der Waals surface area contributed by atoms with Crippen LogP contribution in [0.2, 0.25) is 0 Å². The molecular weight excluding hydrogens is 220 g/mol. The summed E-state index contributed by atoms with van der Waals surface area (Å²) in [5.41, 5.74) is 1.17. The normalized spacial score (nSPS) is 17.5. The third-order valence-electron chi connectivity index (χ3n) is 2.40. The fourth-order valence-corrected chi connectivity index (χ4v) is 1.73. The van der Waals surface area contributed by atoms with Crippen LogP contribution in [-0.4, -0.2) is 22.7 Å². The second-order valence-electron chi connectivity index (χ2n) is 3.63. The molecular formula is C12H16N2O3. The molecule has 0 spiro atoms. The quantitative estimate of drug-likeness (QED) is 0.735. The summed E-state index contributed by atoms with van der Waals surface area (Å²) in [5.74, 6) is 1.29. The zero-order valence-corrected chi connectivity index (χ0v) is 10.2. The summed E-state index contributed by atoms with van der Waals surface area (Å²) in [6, 6.07) is 3.60. The first kappa shape index (κ1) is 11.6. The molecule has 0 amide bonds. The van der Waals surface area contributed by atoms with E-state index in [1.807, 2.05) is 20.8 Å². The Bertz CT molecular complexity index is 571. The molecule has 2 aromatic rings. The number of ether oxygens (including phenoxy) is 2. The summed E-state index contributed by atoms with van der Waals surface area (Å²) < 4.78 is 11.1. The molecule has 1 aliphatic rings. The Hall–Kier alpha value is -1.91. The molecule has 0 radical (unpaired) electrons. The SMILES string of the molecule is CC.CC1COc2ccc3[nH]c(=O)[nH]c3c2O1. The average molecular weight is 236 g/mol. The molecule has 1 atom stereocenters. The Morgan fingerprint density at radius 1 is 1.29 bits per heavy atom. The van der Waals surface area contributed by atoms with Crippen LogP contribution in [0.4, 0.5) is 0 Å². The van der Waals surface area contributed by atoms with Crippen molar-refractivity contribution in [3.63, 3.8) is 0 Å². The molecule has 0 bridgehead atoms. The van der Waals surface area contributed by atoms with Gasteiger partial charge >= 0.3 is 5.69 Å². The largest absolute Gasteiger partial charge is 0.486 e. The first-order chi connectivity index (χ1) is 8.24. The maximum absolute atomic E-state index is 11.1. The minimum atomic E-state index is -0.236. The Morgan fingerprint density at radius 3 is 2.82 bits per heavy atom. The molecule has 5 heteroatoms. The summed E-state index contributed by atoms with van der Waals surface area (Å²) in [4.78, 5) is 16.5. The third-order valence-corrected chi connectivity index (χ3v) is 2.40. The van der Waals surface area contributed by atoms with E-state index in [2.05, 4.69) is 9.97 Å². The van der Waals surface area contributed by atoms with Gasteiger partial charge in [0.15, 0.2) is 11.5 Å². The van der Waals surface area contributed by atoms with Gasteiger partial charge in [-0.1, -0.05) is 13.8 Å². The monoisotopic (exact) mass is 236 g/mol. The molecule has 92 valence electrons. The second kappa shape index (κ2) is 4.53. The fourth-order valence-electron chi connectivity index (χ4n) is 1.73. The maximum atomic E-state index is 11.1. The van der Waals surface area contributed by atoms with Gasteiger partial charge in [0, 0.05) is 0 Å². The molecule has 17 heavy (non-hydrogen) atoms. The Morgan fingerprint density at radius 2 is 2.06 bits per heavy atom. The van der Waals surface area contributed by atoms with Crippen LogP contribution in [0.3, 0.4) is 0 Å². The van der Waals surface area contributed by atoms with Gasteiger partial charge in [-0.2, -0.15) is 0 Å². The lowest BCUT2D eigenvalue weighted by molar-refractivity contribution is 0.106. The first-order valence-electron chi connectivity index (χ1n) is 5.78. The van der Waals surface area contributed by atoms with E-state index >= 15 is 0 Å². The number of aromatic nitrogens is 2. The van der Waals surface area contributed by atoms with Crippen LogP contribution in [-0.2, 0) is 0 Å². The lowest BCUT2D eigenvalue weighted by Gasteiger charge is -2.23. The highest BCUT2D eigenvalue weighted by Gasteiger charge is 2.20. The molecule has 1 unspecified atom stereocenters. The van der Waals surface area contributed by atoms with Gasteiger partial charge in [0.25, 0.3) is 0 Å². The number of aromatic amines is 2. The van der Waals surface area contributed by atoms with Crippen LogP contribution in [0.15, 0.2) is 16.9 Å². The summed E-state index contributed by atoms with van der Waals surface area (Å²) >= 11 is 0. The molecule has 0 aliphatic carbocycles. The Balaban J connectivity index is 0.000000514. The molecule has 1 aromatic carbocycles. The van der Waals surface area contributed by atoms with Gasteiger partial charge in [0.1, 0.15) is 18.2 Å². The highest BCUT2D eigenvalue weighted by Crippen LogP contribution is 2.36. The Labute approximate surface area is 98.8 Å². The molecule has 1 aliphatic heterocycles. The lowest BCUT2D eigenvalue weighted by atomic mass is 10.2. The molecule has 2 heterocycles. The van der Waals surface area contributed by atoms with Crippen LogP contribution in [0.25, 0.3) is 11.0 Å². The van der Waals surface area contributed by atoms with Crippen molar-refractivity contribution in [1.82, 2.24) is 9.97 Å². The highest BCUT2D eigenvalue weighted by atomic mass is 16.6. The van der Waals surface area contributed by atoms with Crippen molar-refractivity contribution in [2.24, 2.45) is 0 Å². The van der Waals surface area contributed by atoms with Crippen molar-refractivity contribution in [2.75, 3.05) is 6.61 Å². The van der Waals surface area contributed by atoms with E-state index in [1.165, 1.54) is 0 Å². The number of hydrogen-bond acceptors (Lipinski definition) is 3. The van der Waals surface area contributed by atoms with Crippen molar-refractivity contribution in [3.05, 3.63) is 22.6 Å². The Kier molecular flexibility index (Phi) is 3.08. The molecule has 1 aromatic heterocycles. The molecule has 5 nitrogen and oxygen atoms in total. The number of rotatable bonds is 0. The molecule has 3 rings (SSSR count). The van der Waals surface area contributed by atoms with Gasteiger partial charge in [0.05, 0.1) is 5.52 Å². The van der Waals surface area contributed by atoms with Crippen molar-refractivity contribution in [1.29, 1.82) is 0 Å². The number of H-pyrrole nitrogens is 2. The van der Waals surface area contributed by atoms with Gasteiger partial charge in [-0.3, -0.25) is 0 Å². The third kappa shape index (κ3) is 2.00. The number of imidazole rings is 1. The first-order valence-corrected chi connectivity index (χ1v) is 5.78. The predicted octanol–water partition coefficient (Wildman–Crippen LogP) is 2.04. The van der Waals surface area contributed by atoms with Gasteiger partial charge in [0.2, 0.25) is 0 Å². The average Bonchev–Trinajstić information content (AvgIpc) is 2.72. The molecule has 0 fully saturated rings. The van der Waals surface area contributed by atoms with E-state index < -0.39 is 0 Å². The summed E-state index contributed by atoms with van der Waals surface area (Å²) in [7, 11) is 0. The van der Waals surface area contributed by atoms with E-state index in [0.29, 0.717) is 23.6 Å². The van der Waals surface area contributed by atoms with E-state index in [0.717, 1.165) is 5.52 Å². The topological polar surface area (TPSA) is 67.1 Å². The maximum Gasteiger partial charge on any atom is 0.323 e. The van der Waals surface area contributed by atoms with Crippen molar-refractivity contribution < 1.29 is 9.47 Å². The van der Waals surface area contributed by atoms with Gasteiger partial charge in [-0.25, -0.2) is 4.79 Å². The smallest absolute Gasteiger partial charge is 0.323 e. The van der Waals surface area contributed by atoms with E-state index in [-0.39, 0.29) is 11.8 Å². The number of nitrogens with one attached hydrogen (secondary N) is 2.